The molecule has 2 rings (SSSR count). The van der Waals surface area contributed by atoms with Gasteiger partial charge in [-0.15, -0.1) is 0 Å². The van der Waals surface area contributed by atoms with E-state index < -0.39 is 0 Å². The molecule has 0 aliphatic carbocycles. The predicted octanol–water partition coefficient (Wildman–Crippen LogP) is 3.05. The molecule has 90 valence electrons. The molecule has 17 heavy (non-hydrogen) atoms. The van der Waals surface area contributed by atoms with Gasteiger partial charge in [-0.1, -0.05) is 12.1 Å². The van der Waals surface area contributed by atoms with Gasteiger partial charge in [0.15, 0.2) is 0 Å². The van der Waals surface area contributed by atoms with E-state index in [1.807, 2.05) is 12.1 Å². The van der Waals surface area contributed by atoms with Crippen molar-refractivity contribution in [1.82, 2.24) is 5.32 Å². The highest BCUT2D eigenvalue weighted by atomic mass is 32.1. The van der Waals surface area contributed by atoms with Gasteiger partial charge in [0, 0.05) is 12.2 Å². The van der Waals surface area contributed by atoms with E-state index in [0.29, 0.717) is 0 Å². The van der Waals surface area contributed by atoms with Crippen molar-refractivity contribution < 1.29 is 0 Å². The fourth-order valence-electron chi connectivity index (χ4n) is 1.73. The Kier molecular flexibility index (Phi) is 4.59. The number of nitrogen functional groups attached to an aromatic ring is 1. The molecule has 3 heteroatoms. The Bertz CT molecular complexity index is 420. The van der Waals surface area contributed by atoms with Gasteiger partial charge in [-0.25, -0.2) is 0 Å². The van der Waals surface area contributed by atoms with Crippen LogP contribution in [0.3, 0.4) is 0 Å². The minimum atomic E-state index is 0.837. The third-order valence-corrected chi connectivity index (χ3v) is 3.44. The first-order valence-electron chi connectivity index (χ1n) is 5.91. The lowest BCUT2D eigenvalue weighted by molar-refractivity contribution is 0.650. The molecule has 0 aliphatic rings. The number of benzene rings is 1. The minimum Gasteiger partial charge on any atom is -0.399 e. The van der Waals surface area contributed by atoms with Crippen LogP contribution in [0, 0.1) is 0 Å². The van der Waals surface area contributed by atoms with Crippen LogP contribution in [0.5, 0.6) is 0 Å². The molecule has 0 spiro atoms. The molecule has 1 aromatic carbocycles. The quantitative estimate of drug-likeness (QED) is 0.607. The summed E-state index contributed by atoms with van der Waals surface area (Å²) in [5.41, 5.74) is 9.22. The Balaban J connectivity index is 1.61. The standard InChI is InChI=1S/C14H18N2S/c15-14-5-3-12(4-6-14)2-1-8-16-10-13-7-9-17-11-13/h3-7,9,11,16H,1-2,8,10,15H2. The molecule has 0 saturated heterocycles. The van der Waals surface area contributed by atoms with Gasteiger partial charge in [0.2, 0.25) is 0 Å². The Hall–Kier alpha value is -1.32. The average Bonchev–Trinajstić information content (AvgIpc) is 2.84. The summed E-state index contributed by atoms with van der Waals surface area (Å²) in [6.07, 6.45) is 2.27. The SMILES string of the molecule is Nc1ccc(CCCNCc2ccsc2)cc1. The first-order chi connectivity index (χ1) is 8.34. The van der Waals surface area contributed by atoms with E-state index in [1.54, 1.807) is 11.3 Å². The van der Waals surface area contributed by atoms with Crippen LogP contribution in [0.1, 0.15) is 17.5 Å². The van der Waals surface area contributed by atoms with E-state index in [2.05, 4.69) is 34.3 Å². The highest BCUT2D eigenvalue weighted by Gasteiger charge is 1.94. The van der Waals surface area contributed by atoms with Crippen molar-refractivity contribution in [3.05, 3.63) is 52.2 Å². The zero-order valence-electron chi connectivity index (χ0n) is 9.86. The Labute approximate surface area is 106 Å². The smallest absolute Gasteiger partial charge is 0.0314 e. The van der Waals surface area contributed by atoms with Crippen LogP contribution in [0.15, 0.2) is 41.1 Å². The van der Waals surface area contributed by atoms with Gasteiger partial charge in [-0.05, 0) is 59.5 Å². The van der Waals surface area contributed by atoms with Gasteiger partial charge in [-0.3, -0.25) is 0 Å². The maximum Gasteiger partial charge on any atom is 0.0314 e. The van der Waals surface area contributed by atoms with Crippen molar-refractivity contribution in [2.45, 2.75) is 19.4 Å². The highest BCUT2D eigenvalue weighted by molar-refractivity contribution is 7.07. The number of anilines is 1. The van der Waals surface area contributed by atoms with E-state index in [-0.39, 0.29) is 0 Å². The molecule has 0 radical (unpaired) electrons. The summed E-state index contributed by atoms with van der Waals surface area (Å²) < 4.78 is 0. The number of hydrogen-bond acceptors (Lipinski definition) is 3. The first-order valence-corrected chi connectivity index (χ1v) is 6.85. The van der Waals surface area contributed by atoms with Crippen molar-refractivity contribution >= 4 is 17.0 Å². The molecular weight excluding hydrogens is 228 g/mol. The lowest BCUT2D eigenvalue weighted by Gasteiger charge is -2.04. The van der Waals surface area contributed by atoms with Crippen LogP contribution in [-0.2, 0) is 13.0 Å². The molecule has 0 fully saturated rings. The summed E-state index contributed by atoms with van der Waals surface area (Å²) >= 11 is 1.75. The van der Waals surface area contributed by atoms with Crippen LogP contribution in [0.25, 0.3) is 0 Å². The number of hydrogen-bond donors (Lipinski definition) is 2. The van der Waals surface area contributed by atoms with Gasteiger partial charge in [0.25, 0.3) is 0 Å². The summed E-state index contributed by atoms with van der Waals surface area (Å²) in [6, 6.07) is 10.3. The summed E-state index contributed by atoms with van der Waals surface area (Å²) in [7, 11) is 0. The second-order valence-corrected chi connectivity index (χ2v) is 4.93. The summed E-state index contributed by atoms with van der Waals surface area (Å²) in [4.78, 5) is 0. The second kappa shape index (κ2) is 6.42. The Morgan fingerprint density at radius 1 is 1.06 bits per heavy atom. The molecule has 2 aromatic rings. The molecule has 2 nitrogen and oxygen atoms in total. The van der Waals surface area contributed by atoms with Gasteiger partial charge in [0.1, 0.15) is 0 Å². The van der Waals surface area contributed by atoms with Gasteiger partial charge >= 0.3 is 0 Å². The van der Waals surface area contributed by atoms with Crippen molar-refractivity contribution in [2.24, 2.45) is 0 Å². The second-order valence-electron chi connectivity index (χ2n) is 4.15. The largest absolute Gasteiger partial charge is 0.399 e. The van der Waals surface area contributed by atoms with Gasteiger partial charge in [0.05, 0.1) is 0 Å². The molecule has 0 bridgehead atoms. The third-order valence-electron chi connectivity index (χ3n) is 2.71. The Morgan fingerprint density at radius 2 is 1.88 bits per heavy atom. The molecule has 1 heterocycles. The molecule has 0 saturated carbocycles. The minimum absolute atomic E-state index is 0.837. The summed E-state index contributed by atoms with van der Waals surface area (Å²) in [5, 5.41) is 7.76. The maximum absolute atomic E-state index is 5.65. The van der Waals surface area contributed by atoms with Gasteiger partial charge in [-0.2, -0.15) is 11.3 Å². The lowest BCUT2D eigenvalue weighted by Crippen LogP contribution is -2.14. The van der Waals surface area contributed by atoms with Crippen LogP contribution in [0.4, 0.5) is 5.69 Å². The molecule has 0 unspecified atom stereocenters. The zero-order chi connectivity index (χ0) is 11.9. The van der Waals surface area contributed by atoms with E-state index in [0.717, 1.165) is 31.6 Å². The van der Waals surface area contributed by atoms with E-state index >= 15 is 0 Å². The molecule has 0 aliphatic heterocycles. The zero-order valence-corrected chi connectivity index (χ0v) is 10.7. The van der Waals surface area contributed by atoms with Crippen molar-refractivity contribution in [3.8, 4) is 0 Å². The first kappa shape index (κ1) is 12.1. The van der Waals surface area contributed by atoms with E-state index in [9.17, 15) is 0 Å². The highest BCUT2D eigenvalue weighted by Crippen LogP contribution is 2.08. The average molecular weight is 246 g/mol. The maximum atomic E-state index is 5.65. The van der Waals surface area contributed by atoms with Crippen molar-refractivity contribution in [1.29, 1.82) is 0 Å². The molecule has 3 N–H and O–H groups in total. The van der Waals surface area contributed by atoms with Crippen molar-refractivity contribution in [3.63, 3.8) is 0 Å². The van der Waals surface area contributed by atoms with Crippen LogP contribution in [0.2, 0.25) is 0 Å². The van der Waals surface area contributed by atoms with E-state index in [4.69, 9.17) is 5.73 Å². The summed E-state index contributed by atoms with van der Waals surface area (Å²) in [5.74, 6) is 0. The Morgan fingerprint density at radius 3 is 2.59 bits per heavy atom. The molecule has 0 amide bonds. The summed E-state index contributed by atoms with van der Waals surface area (Å²) in [6.45, 7) is 2.03. The normalized spacial score (nSPS) is 10.6. The predicted molar refractivity (Wildman–Crippen MR) is 75.2 cm³/mol. The van der Waals surface area contributed by atoms with Crippen LogP contribution >= 0.6 is 11.3 Å². The fraction of sp³-hybridized carbons (Fsp3) is 0.286. The number of rotatable bonds is 6. The third kappa shape index (κ3) is 4.21. The monoisotopic (exact) mass is 246 g/mol. The topological polar surface area (TPSA) is 38.0 Å². The van der Waals surface area contributed by atoms with E-state index in [1.165, 1.54) is 11.1 Å². The van der Waals surface area contributed by atoms with Crippen LogP contribution < -0.4 is 11.1 Å². The number of nitrogens with one attached hydrogen (secondary N) is 1. The number of nitrogens with two attached hydrogens (primary N) is 1. The van der Waals surface area contributed by atoms with Crippen molar-refractivity contribution in [2.75, 3.05) is 12.3 Å². The number of thiophene rings is 1. The van der Waals surface area contributed by atoms with Gasteiger partial charge < -0.3 is 11.1 Å². The fourth-order valence-corrected chi connectivity index (χ4v) is 2.40. The van der Waals surface area contributed by atoms with Crippen LogP contribution in [-0.4, -0.2) is 6.54 Å². The molecule has 0 atom stereocenters. The number of aryl methyl sites for hydroxylation is 1. The molecule has 1 aromatic heterocycles. The lowest BCUT2D eigenvalue weighted by atomic mass is 10.1. The molecular formula is C14H18N2S.